The molecule has 0 unspecified atom stereocenters. The van der Waals surface area contributed by atoms with Gasteiger partial charge in [-0.25, -0.2) is 9.69 Å². The Bertz CT molecular complexity index is 1260. The van der Waals surface area contributed by atoms with E-state index in [-0.39, 0.29) is 5.57 Å². The van der Waals surface area contributed by atoms with Crippen LogP contribution in [0.3, 0.4) is 0 Å². The molecule has 1 heterocycles. The van der Waals surface area contributed by atoms with Crippen LogP contribution in [0.2, 0.25) is 0 Å². The number of anilines is 1. The van der Waals surface area contributed by atoms with Crippen molar-refractivity contribution in [3.8, 4) is 11.5 Å². The Balaban J connectivity index is 1.60. The number of carbonyl (C=O) groups is 3. The van der Waals surface area contributed by atoms with Gasteiger partial charge in [-0.3, -0.25) is 14.9 Å². The van der Waals surface area contributed by atoms with E-state index in [4.69, 9.17) is 9.47 Å². The van der Waals surface area contributed by atoms with E-state index in [0.717, 1.165) is 14.9 Å². The monoisotopic (exact) mass is 506 g/mol. The maximum atomic E-state index is 13.0. The predicted molar refractivity (Wildman–Crippen MR) is 127 cm³/mol. The summed E-state index contributed by atoms with van der Waals surface area (Å²) in [5.74, 6) is -0.513. The molecule has 0 radical (unpaired) electrons. The van der Waals surface area contributed by atoms with Gasteiger partial charge in [-0.15, -0.1) is 0 Å². The lowest BCUT2D eigenvalue weighted by Crippen LogP contribution is -2.54. The number of hydrogen-bond donors (Lipinski definition) is 1. The summed E-state index contributed by atoms with van der Waals surface area (Å²) in [7, 11) is 1.51. The van der Waals surface area contributed by atoms with E-state index in [1.807, 2.05) is 24.3 Å². The molecule has 8 heteroatoms. The summed E-state index contributed by atoms with van der Waals surface area (Å²) < 4.78 is 12.3. The average molecular weight is 507 g/mol. The Morgan fingerprint density at radius 3 is 2.39 bits per heavy atom. The van der Waals surface area contributed by atoms with Gasteiger partial charge in [0.15, 0.2) is 11.5 Å². The highest BCUT2D eigenvalue weighted by Gasteiger charge is 2.36. The van der Waals surface area contributed by atoms with Gasteiger partial charge >= 0.3 is 6.03 Å². The summed E-state index contributed by atoms with van der Waals surface area (Å²) in [6.45, 7) is 0.327. The van der Waals surface area contributed by atoms with Crippen molar-refractivity contribution in [2.75, 3.05) is 12.0 Å². The zero-order valence-corrected chi connectivity index (χ0v) is 19.2. The van der Waals surface area contributed by atoms with E-state index in [2.05, 4.69) is 21.2 Å². The third kappa shape index (κ3) is 4.80. The average Bonchev–Trinajstić information content (AvgIpc) is 2.82. The fourth-order valence-corrected chi connectivity index (χ4v) is 3.70. The number of nitrogens with one attached hydrogen (secondary N) is 1. The normalized spacial score (nSPS) is 14.9. The molecular formula is C25H19BrN2O5. The van der Waals surface area contributed by atoms with Crippen LogP contribution in [0, 0.1) is 0 Å². The number of barbiturate groups is 1. The summed E-state index contributed by atoms with van der Waals surface area (Å²) in [6, 6.07) is 20.4. The summed E-state index contributed by atoms with van der Waals surface area (Å²) in [4.78, 5) is 38.6. The van der Waals surface area contributed by atoms with Crippen LogP contribution >= 0.6 is 15.9 Å². The molecule has 166 valence electrons. The highest BCUT2D eigenvalue weighted by molar-refractivity contribution is 9.10. The zero-order chi connectivity index (χ0) is 23.4. The molecule has 3 aromatic carbocycles. The minimum absolute atomic E-state index is 0.164. The highest BCUT2D eigenvalue weighted by Crippen LogP contribution is 2.31. The second-order valence-corrected chi connectivity index (χ2v) is 7.94. The SMILES string of the molecule is COc1cc(/C=C2\C(=O)NC(=O)N(c3ccccc3)C2=O)ccc1OCc1ccccc1Br. The van der Waals surface area contributed by atoms with E-state index >= 15 is 0 Å². The number of halogens is 1. The van der Waals surface area contributed by atoms with Crippen LogP contribution in [-0.2, 0) is 16.2 Å². The lowest BCUT2D eigenvalue weighted by molar-refractivity contribution is -0.122. The lowest BCUT2D eigenvalue weighted by atomic mass is 10.1. The molecule has 7 nitrogen and oxygen atoms in total. The van der Waals surface area contributed by atoms with Crippen LogP contribution in [0.5, 0.6) is 11.5 Å². The lowest BCUT2D eigenvalue weighted by Gasteiger charge is -2.26. The van der Waals surface area contributed by atoms with Gasteiger partial charge in [-0.1, -0.05) is 58.4 Å². The van der Waals surface area contributed by atoms with Crippen LogP contribution in [0.15, 0.2) is 82.8 Å². The number of imide groups is 2. The zero-order valence-electron chi connectivity index (χ0n) is 17.6. The number of urea groups is 1. The van der Waals surface area contributed by atoms with Crippen LogP contribution in [0.4, 0.5) is 10.5 Å². The van der Waals surface area contributed by atoms with Crippen LogP contribution in [0.25, 0.3) is 6.08 Å². The van der Waals surface area contributed by atoms with E-state index < -0.39 is 17.8 Å². The molecular weight excluding hydrogens is 488 g/mol. The van der Waals surface area contributed by atoms with Gasteiger partial charge in [0, 0.05) is 10.0 Å². The minimum atomic E-state index is -0.790. The first kappa shape index (κ1) is 22.3. The molecule has 3 aromatic rings. The Kier molecular flexibility index (Phi) is 6.55. The van der Waals surface area contributed by atoms with E-state index in [1.165, 1.54) is 13.2 Å². The largest absolute Gasteiger partial charge is 0.493 e. The number of hydrogen-bond acceptors (Lipinski definition) is 5. The summed E-state index contributed by atoms with van der Waals surface area (Å²) in [6.07, 6.45) is 1.42. The summed E-state index contributed by atoms with van der Waals surface area (Å²) in [5, 5.41) is 2.21. The van der Waals surface area contributed by atoms with Crippen molar-refractivity contribution in [3.63, 3.8) is 0 Å². The molecule has 1 N–H and O–H groups in total. The number of benzene rings is 3. The van der Waals surface area contributed by atoms with Gasteiger partial charge in [0.2, 0.25) is 0 Å². The van der Waals surface area contributed by atoms with Gasteiger partial charge in [-0.05, 0) is 42.0 Å². The maximum Gasteiger partial charge on any atom is 0.335 e. The molecule has 4 rings (SSSR count). The molecule has 1 aliphatic heterocycles. The van der Waals surface area contributed by atoms with Gasteiger partial charge < -0.3 is 9.47 Å². The number of para-hydroxylation sites is 1. The van der Waals surface area contributed by atoms with Gasteiger partial charge in [-0.2, -0.15) is 0 Å². The van der Waals surface area contributed by atoms with Crippen molar-refractivity contribution in [2.24, 2.45) is 0 Å². The molecule has 0 saturated carbocycles. The minimum Gasteiger partial charge on any atom is -0.493 e. The van der Waals surface area contributed by atoms with Crippen molar-refractivity contribution >= 4 is 45.5 Å². The maximum absolute atomic E-state index is 13.0. The van der Waals surface area contributed by atoms with Crippen LogP contribution in [-0.4, -0.2) is 25.0 Å². The molecule has 0 bridgehead atoms. The highest BCUT2D eigenvalue weighted by atomic mass is 79.9. The summed E-state index contributed by atoms with van der Waals surface area (Å²) >= 11 is 3.49. The van der Waals surface area contributed by atoms with Crippen LogP contribution < -0.4 is 19.7 Å². The first-order valence-electron chi connectivity index (χ1n) is 9.98. The smallest absolute Gasteiger partial charge is 0.335 e. The number of nitrogens with zero attached hydrogens (tertiary/aromatic N) is 1. The molecule has 0 spiro atoms. The molecule has 0 aliphatic carbocycles. The Morgan fingerprint density at radius 1 is 0.939 bits per heavy atom. The van der Waals surface area contributed by atoms with Crippen LogP contribution in [0.1, 0.15) is 11.1 Å². The predicted octanol–water partition coefficient (Wildman–Crippen LogP) is 4.70. The van der Waals surface area contributed by atoms with Crippen molar-refractivity contribution in [2.45, 2.75) is 6.61 Å². The Hall–Kier alpha value is -3.91. The van der Waals surface area contributed by atoms with Gasteiger partial charge in [0.05, 0.1) is 12.8 Å². The Labute approximate surface area is 198 Å². The first-order chi connectivity index (χ1) is 16.0. The van der Waals surface area contributed by atoms with Gasteiger partial charge in [0.1, 0.15) is 12.2 Å². The summed E-state index contributed by atoms with van der Waals surface area (Å²) in [5.41, 5.74) is 1.72. The first-order valence-corrected chi connectivity index (χ1v) is 10.8. The van der Waals surface area contributed by atoms with Crippen molar-refractivity contribution in [3.05, 3.63) is 94.0 Å². The molecule has 1 saturated heterocycles. The Morgan fingerprint density at radius 2 is 1.67 bits per heavy atom. The molecule has 4 amide bonds. The molecule has 1 fully saturated rings. The second kappa shape index (κ2) is 9.70. The van der Waals surface area contributed by atoms with Crippen molar-refractivity contribution in [1.82, 2.24) is 5.32 Å². The standard InChI is InChI=1S/C25H19BrN2O5/c1-32-22-14-16(11-12-21(22)33-15-17-7-5-6-10-20(17)26)13-19-23(29)27-25(31)28(24(19)30)18-8-3-2-4-9-18/h2-14H,15H2,1H3,(H,27,29,31)/b19-13+. The van der Waals surface area contributed by atoms with E-state index in [0.29, 0.717) is 29.4 Å². The third-order valence-corrected chi connectivity index (χ3v) is 5.73. The molecule has 1 aliphatic rings. The quantitative estimate of drug-likeness (QED) is 0.386. The third-order valence-electron chi connectivity index (χ3n) is 4.96. The number of carbonyl (C=O) groups excluding carboxylic acids is 3. The van der Waals surface area contributed by atoms with E-state index in [1.54, 1.807) is 48.5 Å². The van der Waals surface area contributed by atoms with Gasteiger partial charge in [0.25, 0.3) is 11.8 Å². The topological polar surface area (TPSA) is 84.9 Å². The van der Waals surface area contributed by atoms with Crippen molar-refractivity contribution < 1.29 is 23.9 Å². The number of amides is 4. The number of rotatable bonds is 6. The molecule has 33 heavy (non-hydrogen) atoms. The fourth-order valence-electron chi connectivity index (χ4n) is 3.30. The molecule has 0 atom stereocenters. The molecule has 0 aromatic heterocycles. The van der Waals surface area contributed by atoms with E-state index in [9.17, 15) is 14.4 Å². The number of ether oxygens (including phenoxy) is 2. The number of methoxy groups -OCH3 is 1. The fraction of sp³-hybridized carbons (Fsp3) is 0.0800. The van der Waals surface area contributed by atoms with Crippen molar-refractivity contribution in [1.29, 1.82) is 0 Å². The second-order valence-electron chi connectivity index (χ2n) is 7.08.